The molecule has 15 heavy (non-hydrogen) atoms. The fourth-order valence-corrected chi connectivity index (χ4v) is 1.53. The van der Waals surface area contributed by atoms with Gasteiger partial charge in [0.2, 0.25) is 0 Å². The molecule has 0 N–H and O–H groups in total. The molecule has 0 aliphatic rings. The van der Waals surface area contributed by atoms with Crippen LogP contribution in [-0.2, 0) is 0 Å². The van der Waals surface area contributed by atoms with E-state index in [1.807, 2.05) is 0 Å². The number of hydrogen-bond donors (Lipinski definition) is 0. The van der Waals surface area contributed by atoms with Gasteiger partial charge < -0.3 is 24.0 Å². The lowest BCUT2D eigenvalue weighted by Gasteiger charge is -2.19. The number of quaternary nitrogens is 1. The van der Waals surface area contributed by atoms with Crippen molar-refractivity contribution in [3.05, 3.63) is 0 Å². The minimum absolute atomic E-state index is 0. The average Bonchev–Trinajstić information content (AvgIpc) is 1.77. The molecule has 0 aromatic rings. The van der Waals surface area contributed by atoms with Crippen molar-refractivity contribution in [2.45, 2.75) is 40.5 Å². The molecule has 0 radical (unpaired) electrons. The Labute approximate surface area is 113 Å². The zero-order valence-electron chi connectivity index (χ0n) is 11.3. The van der Waals surface area contributed by atoms with E-state index in [1.54, 1.807) is 0 Å². The molecule has 0 rings (SSSR count). The van der Waals surface area contributed by atoms with Crippen molar-refractivity contribution in [2.75, 3.05) is 21.1 Å². The van der Waals surface area contributed by atoms with Gasteiger partial charge in [0.05, 0.1) is 26.9 Å². The molecule has 0 aromatic heterocycles. The first-order chi connectivity index (χ1) is 6.20. The lowest BCUT2D eigenvalue weighted by molar-refractivity contribution is -0.877. The summed E-state index contributed by atoms with van der Waals surface area (Å²) >= 11 is 0. The summed E-state index contributed by atoms with van der Waals surface area (Å²) < 4.78 is 0.689. The quantitative estimate of drug-likeness (QED) is 0.295. The van der Waals surface area contributed by atoms with Crippen molar-refractivity contribution in [3.8, 4) is 0 Å². The summed E-state index contributed by atoms with van der Waals surface area (Å²) in [7, 11) is 6.34. The van der Waals surface area contributed by atoms with Crippen LogP contribution in [0.3, 0.4) is 0 Å². The van der Waals surface area contributed by atoms with Crippen LogP contribution in [0.25, 0.3) is 0 Å². The lowest BCUT2D eigenvalue weighted by atomic mass is 9.99. The number of nitrogens with zero attached hydrogens (tertiary/aromatic N) is 2. The Bertz CT molecular complexity index is 178. The molecule has 0 aliphatic heterocycles. The van der Waals surface area contributed by atoms with Gasteiger partial charge in [-0.25, -0.2) is 4.59 Å². The van der Waals surface area contributed by atoms with E-state index in [-0.39, 0.29) is 24.0 Å². The van der Waals surface area contributed by atoms with E-state index in [2.05, 4.69) is 48.8 Å². The van der Waals surface area contributed by atoms with Crippen LogP contribution in [0, 0.1) is 11.8 Å². The molecule has 0 aromatic carbocycles. The molecular formula is C12H27IN2. The highest BCUT2D eigenvalue weighted by Gasteiger charge is 2.12. The molecule has 0 saturated carbocycles. The number of rotatable bonds is 5. The van der Waals surface area contributed by atoms with Crippen LogP contribution in [0.2, 0.25) is 0 Å². The van der Waals surface area contributed by atoms with Crippen molar-refractivity contribution < 1.29 is 28.6 Å². The van der Waals surface area contributed by atoms with E-state index in [1.165, 1.54) is 5.71 Å². The maximum absolute atomic E-state index is 4.74. The van der Waals surface area contributed by atoms with Gasteiger partial charge in [0.1, 0.15) is 0 Å². The number of hydrogen-bond acceptors (Lipinski definition) is 1. The third-order valence-electron chi connectivity index (χ3n) is 1.73. The Morgan fingerprint density at radius 1 is 0.933 bits per heavy atom. The molecule has 0 saturated heterocycles. The van der Waals surface area contributed by atoms with Crippen LogP contribution in [-0.4, -0.2) is 31.4 Å². The van der Waals surface area contributed by atoms with Gasteiger partial charge in [-0.3, -0.25) is 0 Å². The molecular weight excluding hydrogens is 299 g/mol. The minimum atomic E-state index is 0. The first kappa shape index (κ1) is 17.7. The molecule has 0 atom stereocenters. The fraction of sp³-hybridized carbons (Fsp3) is 0.917. The van der Waals surface area contributed by atoms with E-state index in [0.29, 0.717) is 16.4 Å². The van der Waals surface area contributed by atoms with E-state index >= 15 is 0 Å². The van der Waals surface area contributed by atoms with Crippen LogP contribution in [0.4, 0.5) is 0 Å². The maximum atomic E-state index is 4.74. The highest BCUT2D eigenvalue weighted by molar-refractivity contribution is 5.84. The van der Waals surface area contributed by atoms with E-state index in [4.69, 9.17) is 5.10 Å². The van der Waals surface area contributed by atoms with Gasteiger partial charge in [0, 0.05) is 0 Å². The monoisotopic (exact) mass is 326 g/mol. The molecule has 2 nitrogen and oxygen atoms in total. The molecule has 0 spiro atoms. The summed E-state index contributed by atoms with van der Waals surface area (Å²) in [5, 5.41) is 4.74. The van der Waals surface area contributed by atoms with Gasteiger partial charge in [-0.05, 0) is 24.7 Å². The summed E-state index contributed by atoms with van der Waals surface area (Å²) in [5.41, 5.74) is 1.36. The predicted molar refractivity (Wildman–Crippen MR) is 64.4 cm³/mol. The van der Waals surface area contributed by atoms with Crippen LogP contribution < -0.4 is 24.0 Å². The lowest BCUT2D eigenvalue weighted by Crippen LogP contribution is -3.00. The highest BCUT2D eigenvalue weighted by atomic mass is 127. The Morgan fingerprint density at radius 2 is 1.27 bits per heavy atom. The van der Waals surface area contributed by atoms with E-state index in [9.17, 15) is 0 Å². The third-order valence-corrected chi connectivity index (χ3v) is 1.73. The van der Waals surface area contributed by atoms with E-state index < -0.39 is 0 Å². The van der Waals surface area contributed by atoms with Gasteiger partial charge in [0.15, 0.2) is 0 Å². The molecule has 0 amide bonds. The number of halogens is 1. The Kier molecular flexibility index (Phi) is 9.00. The first-order valence-electron chi connectivity index (χ1n) is 5.60. The van der Waals surface area contributed by atoms with Crippen molar-refractivity contribution in [3.63, 3.8) is 0 Å². The Balaban J connectivity index is 0. The highest BCUT2D eigenvalue weighted by Crippen LogP contribution is 2.12. The van der Waals surface area contributed by atoms with Crippen molar-refractivity contribution in [2.24, 2.45) is 16.9 Å². The minimum Gasteiger partial charge on any atom is -1.00 e. The second-order valence-electron chi connectivity index (χ2n) is 5.80. The zero-order valence-corrected chi connectivity index (χ0v) is 13.5. The fourth-order valence-electron chi connectivity index (χ4n) is 1.53. The van der Waals surface area contributed by atoms with Crippen molar-refractivity contribution in [1.82, 2.24) is 0 Å². The van der Waals surface area contributed by atoms with Crippen LogP contribution in [0.5, 0.6) is 0 Å². The summed E-state index contributed by atoms with van der Waals surface area (Å²) in [5.74, 6) is 1.41. The Morgan fingerprint density at radius 3 is 1.47 bits per heavy atom. The van der Waals surface area contributed by atoms with Crippen LogP contribution in [0.1, 0.15) is 40.5 Å². The average molecular weight is 326 g/mol. The van der Waals surface area contributed by atoms with Crippen molar-refractivity contribution in [1.29, 1.82) is 0 Å². The van der Waals surface area contributed by atoms with Gasteiger partial charge in [0.25, 0.3) is 0 Å². The molecule has 3 heteroatoms. The maximum Gasteiger partial charge on any atom is 0.0923 e. The molecule has 0 aliphatic carbocycles. The molecule has 0 fully saturated rings. The summed E-state index contributed by atoms with van der Waals surface area (Å²) in [4.78, 5) is 0. The second-order valence-corrected chi connectivity index (χ2v) is 5.80. The second kappa shape index (κ2) is 7.60. The van der Waals surface area contributed by atoms with Gasteiger partial charge >= 0.3 is 0 Å². The first-order valence-corrected chi connectivity index (χ1v) is 5.60. The third kappa shape index (κ3) is 12.3. The van der Waals surface area contributed by atoms with Gasteiger partial charge in [-0.15, -0.1) is 0 Å². The predicted octanol–water partition coefficient (Wildman–Crippen LogP) is 0.145. The van der Waals surface area contributed by atoms with Crippen LogP contribution >= 0.6 is 0 Å². The van der Waals surface area contributed by atoms with E-state index in [0.717, 1.165) is 12.8 Å². The van der Waals surface area contributed by atoms with Gasteiger partial charge in [-0.2, -0.15) is 0 Å². The standard InChI is InChI=1S/C12H27N2.HI/c1-10(2)8-12(9-11(3)4)13-14(5,6)7;/h10-11H,8-9H2,1-7H3;1H/q+1;/p-1. The normalized spacial score (nSPS) is 11.5. The Hall–Kier alpha value is 0.360. The van der Waals surface area contributed by atoms with Crippen molar-refractivity contribution >= 4 is 5.71 Å². The topological polar surface area (TPSA) is 12.4 Å². The molecule has 0 bridgehead atoms. The molecule has 92 valence electrons. The largest absolute Gasteiger partial charge is 1.00 e. The van der Waals surface area contributed by atoms with Crippen LogP contribution in [0.15, 0.2) is 5.10 Å². The molecule has 0 unspecified atom stereocenters. The smallest absolute Gasteiger partial charge is 0.0923 e. The summed E-state index contributed by atoms with van der Waals surface area (Å²) in [6.07, 6.45) is 2.27. The SMILES string of the molecule is CC(C)CC(CC(C)C)=N[N+](C)(C)C.[I-]. The zero-order chi connectivity index (χ0) is 11.4. The summed E-state index contributed by atoms with van der Waals surface area (Å²) in [6.45, 7) is 9.02. The summed E-state index contributed by atoms with van der Waals surface area (Å²) in [6, 6.07) is 0. The molecule has 0 heterocycles. The van der Waals surface area contributed by atoms with Gasteiger partial charge in [-0.1, -0.05) is 32.8 Å².